The number of hydrogen-bond donors (Lipinski definition) is 1. The highest BCUT2D eigenvalue weighted by atomic mass is 32.1. The number of methoxy groups -OCH3 is 1. The van der Waals surface area contributed by atoms with E-state index in [1.54, 1.807) is 35.6 Å². The summed E-state index contributed by atoms with van der Waals surface area (Å²) in [6, 6.07) is 11.0. The maximum atomic E-state index is 12.3. The predicted molar refractivity (Wildman–Crippen MR) is 91.8 cm³/mol. The van der Waals surface area contributed by atoms with Crippen LogP contribution in [0.4, 0.5) is 5.69 Å². The number of esters is 1. The Labute approximate surface area is 139 Å². The summed E-state index contributed by atoms with van der Waals surface area (Å²) in [6.45, 7) is 2.29. The van der Waals surface area contributed by atoms with Gasteiger partial charge in [-0.3, -0.25) is 9.69 Å². The van der Waals surface area contributed by atoms with Crippen LogP contribution in [0.15, 0.2) is 41.8 Å². The highest BCUT2D eigenvalue weighted by molar-refractivity contribution is 7.10. The molecule has 1 N–H and O–H groups in total. The molecule has 1 amide bonds. The summed E-state index contributed by atoms with van der Waals surface area (Å²) in [5, 5.41) is 4.80. The Balaban J connectivity index is 2.01. The minimum absolute atomic E-state index is 0.150. The van der Waals surface area contributed by atoms with Crippen molar-refractivity contribution in [3.63, 3.8) is 0 Å². The van der Waals surface area contributed by atoms with E-state index in [0.29, 0.717) is 11.3 Å². The highest BCUT2D eigenvalue weighted by Gasteiger charge is 2.17. The van der Waals surface area contributed by atoms with Crippen LogP contribution in [0.1, 0.15) is 28.2 Å². The number of ether oxygens (including phenoxy) is 1. The summed E-state index contributed by atoms with van der Waals surface area (Å²) in [5.74, 6) is -0.645. The molecule has 0 saturated carbocycles. The molecule has 5 nitrogen and oxygen atoms in total. The van der Waals surface area contributed by atoms with Crippen molar-refractivity contribution in [1.82, 2.24) is 4.90 Å². The Bertz CT molecular complexity index is 670. The van der Waals surface area contributed by atoms with Gasteiger partial charge in [-0.2, -0.15) is 0 Å². The standard InChI is InChI=1S/C17H20N2O3S/c1-12(15-9-6-10-23-15)19(2)11-16(20)18-14-8-5-4-7-13(14)17(21)22-3/h4-10,12H,11H2,1-3H3,(H,18,20). The molecule has 1 atom stereocenters. The lowest BCUT2D eigenvalue weighted by Crippen LogP contribution is -2.32. The van der Waals surface area contributed by atoms with Crippen molar-refractivity contribution in [3.8, 4) is 0 Å². The number of para-hydroxylation sites is 1. The maximum absolute atomic E-state index is 12.3. The van der Waals surface area contributed by atoms with E-state index in [1.807, 2.05) is 23.4 Å². The number of hydrogen-bond acceptors (Lipinski definition) is 5. The molecule has 0 saturated heterocycles. The van der Waals surface area contributed by atoms with Crippen LogP contribution >= 0.6 is 11.3 Å². The molecule has 0 aliphatic rings. The van der Waals surface area contributed by atoms with Gasteiger partial charge in [-0.25, -0.2) is 4.79 Å². The van der Waals surface area contributed by atoms with E-state index in [2.05, 4.69) is 18.3 Å². The van der Waals surface area contributed by atoms with Gasteiger partial charge in [0.1, 0.15) is 0 Å². The summed E-state index contributed by atoms with van der Waals surface area (Å²) in [6.07, 6.45) is 0. The molecule has 0 fully saturated rings. The second-order valence-electron chi connectivity index (χ2n) is 5.19. The predicted octanol–water partition coefficient (Wildman–Crippen LogP) is 3.17. The molecular formula is C17H20N2O3S. The van der Waals surface area contributed by atoms with Crippen LogP contribution in [0.2, 0.25) is 0 Å². The minimum atomic E-state index is -0.471. The van der Waals surface area contributed by atoms with Crippen molar-refractivity contribution in [2.24, 2.45) is 0 Å². The molecule has 1 aromatic heterocycles. The fourth-order valence-electron chi connectivity index (χ4n) is 2.18. The number of rotatable bonds is 6. The van der Waals surface area contributed by atoms with E-state index < -0.39 is 5.97 Å². The van der Waals surface area contributed by atoms with Crippen molar-refractivity contribution in [1.29, 1.82) is 0 Å². The Morgan fingerprint density at radius 2 is 2.00 bits per heavy atom. The zero-order chi connectivity index (χ0) is 16.8. The lowest BCUT2D eigenvalue weighted by atomic mass is 10.1. The van der Waals surface area contributed by atoms with Gasteiger partial charge in [-0.15, -0.1) is 11.3 Å². The van der Waals surface area contributed by atoms with E-state index in [4.69, 9.17) is 4.74 Å². The quantitative estimate of drug-likeness (QED) is 0.826. The van der Waals surface area contributed by atoms with Crippen molar-refractivity contribution in [2.45, 2.75) is 13.0 Å². The smallest absolute Gasteiger partial charge is 0.339 e. The summed E-state index contributed by atoms with van der Waals surface area (Å²) in [7, 11) is 3.22. The third-order valence-electron chi connectivity index (χ3n) is 3.62. The number of nitrogens with one attached hydrogen (secondary N) is 1. The maximum Gasteiger partial charge on any atom is 0.339 e. The minimum Gasteiger partial charge on any atom is -0.465 e. The number of anilines is 1. The molecule has 0 spiro atoms. The second-order valence-corrected chi connectivity index (χ2v) is 6.17. The third kappa shape index (κ3) is 4.40. The molecule has 0 aliphatic heterocycles. The van der Waals surface area contributed by atoms with Crippen molar-refractivity contribution >= 4 is 28.9 Å². The average molecular weight is 332 g/mol. The first-order valence-electron chi connectivity index (χ1n) is 7.23. The molecule has 1 heterocycles. The van der Waals surface area contributed by atoms with Gasteiger partial charge in [0.05, 0.1) is 24.9 Å². The second kappa shape index (κ2) is 7.89. The molecule has 23 heavy (non-hydrogen) atoms. The number of benzene rings is 1. The molecule has 2 aromatic rings. The lowest BCUT2D eigenvalue weighted by Gasteiger charge is -2.23. The first-order chi connectivity index (χ1) is 11.0. The topological polar surface area (TPSA) is 58.6 Å². The van der Waals surface area contributed by atoms with E-state index in [0.717, 1.165) is 0 Å². The van der Waals surface area contributed by atoms with E-state index in [1.165, 1.54) is 12.0 Å². The van der Waals surface area contributed by atoms with Gasteiger partial charge in [0.2, 0.25) is 5.91 Å². The summed E-state index contributed by atoms with van der Waals surface area (Å²) < 4.78 is 4.73. The molecular weight excluding hydrogens is 312 g/mol. The van der Waals surface area contributed by atoms with Gasteiger partial charge in [0.25, 0.3) is 0 Å². The van der Waals surface area contributed by atoms with Crippen LogP contribution < -0.4 is 5.32 Å². The SMILES string of the molecule is COC(=O)c1ccccc1NC(=O)CN(C)C(C)c1cccs1. The highest BCUT2D eigenvalue weighted by Crippen LogP contribution is 2.23. The molecule has 6 heteroatoms. The number of carbonyl (C=O) groups excluding carboxylic acids is 2. The molecule has 0 aliphatic carbocycles. The molecule has 1 aromatic carbocycles. The van der Waals surface area contributed by atoms with Crippen LogP contribution in [0.25, 0.3) is 0 Å². The zero-order valence-electron chi connectivity index (χ0n) is 13.4. The Morgan fingerprint density at radius 3 is 2.65 bits per heavy atom. The first kappa shape index (κ1) is 17.2. The van der Waals surface area contributed by atoms with Crippen molar-refractivity contribution < 1.29 is 14.3 Å². The first-order valence-corrected chi connectivity index (χ1v) is 8.11. The monoisotopic (exact) mass is 332 g/mol. The number of thiophene rings is 1. The zero-order valence-corrected chi connectivity index (χ0v) is 14.2. The van der Waals surface area contributed by atoms with Gasteiger partial charge >= 0.3 is 5.97 Å². The van der Waals surface area contributed by atoms with Crippen LogP contribution in [0, 0.1) is 0 Å². The third-order valence-corrected chi connectivity index (χ3v) is 4.66. The van der Waals surface area contributed by atoms with Crippen molar-refractivity contribution in [3.05, 3.63) is 52.2 Å². The molecule has 1 unspecified atom stereocenters. The Morgan fingerprint density at radius 1 is 1.26 bits per heavy atom. The van der Waals surface area contributed by atoms with Gasteiger partial charge < -0.3 is 10.1 Å². The molecule has 2 rings (SSSR count). The van der Waals surface area contributed by atoms with Gasteiger partial charge in [-0.05, 0) is 37.6 Å². The molecule has 0 radical (unpaired) electrons. The van der Waals surface area contributed by atoms with Crippen molar-refractivity contribution in [2.75, 3.05) is 26.0 Å². The normalized spacial score (nSPS) is 12.0. The Kier molecular flexibility index (Phi) is 5.90. The van der Waals surface area contributed by atoms with E-state index in [9.17, 15) is 9.59 Å². The van der Waals surface area contributed by atoms with Crippen LogP contribution in [0.3, 0.4) is 0 Å². The fourth-order valence-corrected chi connectivity index (χ4v) is 3.03. The summed E-state index contributed by atoms with van der Waals surface area (Å²) >= 11 is 1.67. The Hall–Kier alpha value is -2.18. The number of carbonyl (C=O) groups is 2. The summed E-state index contributed by atoms with van der Waals surface area (Å²) in [4.78, 5) is 27.1. The van der Waals surface area contributed by atoms with Crippen LogP contribution in [0.5, 0.6) is 0 Å². The van der Waals surface area contributed by atoms with Crippen LogP contribution in [-0.2, 0) is 9.53 Å². The van der Waals surface area contributed by atoms with Crippen LogP contribution in [-0.4, -0.2) is 37.5 Å². The average Bonchev–Trinajstić information content (AvgIpc) is 3.08. The summed E-state index contributed by atoms with van der Waals surface area (Å²) in [5.41, 5.74) is 0.804. The van der Waals surface area contributed by atoms with E-state index in [-0.39, 0.29) is 18.5 Å². The molecule has 0 bridgehead atoms. The fraction of sp³-hybridized carbons (Fsp3) is 0.294. The van der Waals surface area contributed by atoms with Gasteiger partial charge in [-0.1, -0.05) is 18.2 Å². The number of likely N-dealkylation sites (N-methyl/N-ethyl adjacent to an activating group) is 1. The molecule has 122 valence electrons. The van der Waals surface area contributed by atoms with Gasteiger partial charge in [0.15, 0.2) is 0 Å². The number of nitrogens with zero attached hydrogens (tertiary/aromatic N) is 1. The lowest BCUT2D eigenvalue weighted by molar-refractivity contribution is -0.117. The number of amides is 1. The largest absolute Gasteiger partial charge is 0.465 e. The van der Waals surface area contributed by atoms with Gasteiger partial charge in [0, 0.05) is 10.9 Å². The van der Waals surface area contributed by atoms with E-state index >= 15 is 0 Å².